The average Bonchev–Trinajstić information content (AvgIpc) is 3.04. The number of carbonyl (C=O) groups is 1. The molecule has 0 saturated carbocycles. The van der Waals surface area contributed by atoms with Gasteiger partial charge in [0.25, 0.3) is 11.6 Å². The molecule has 1 aliphatic carbocycles. The maximum absolute atomic E-state index is 12.1. The summed E-state index contributed by atoms with van der Waals surface area (Å²) in [5, 5.41) is 14.2. The SMILES string of the molecule is O=C(Nc1snc2c1CCC2)c1ccc([N+](=O)[O-])cc1. The number of aromatic nitrogens is 1. The second kappa shape index (κ2) is 5.01. The first-order valence-electron chi connectivity index (χ1n) is 6.18. The van der Waals surface area contributed by atoms with Crippen LogP contribution in [0.3, 0.4) is 0 Å². The van der Waals surface area contributed by atoms with Gasteiger partial charge in [0.1, 0.15) is 5.00 Å². The molecule has 0 atom stereocenters. The number of amides is 1. The Morgan fingerprint density at radius 3 is 2.75 bits per heavy atom. The summed E-state index contributed by atoms with van der Waals surface area (Å²) in [6, 6.07) is 5.56. The predicted molar refractivity (Wildman–Crippen MR) is 75.2 cm³/mol. The molecule has 1 aliphatic rings. The molecule has 20 heavy (non-hydrogen) atoms. The zero-order valence-electron chi connectivity index (χ0n) is 10.5. The van der Waals surface area contributed by atoms with Crippen molar-refractivity contribution in [3.05, 3.63) is 51.2 Å². The molecule has 0 aliphatic heterocycles. The van der Waals surface area contributed by atoms with Gasteiger partial charge >= 0.3 is 0 Å². The lowest BCUT2D eigenvalue weighted by Gasteiger charge is -2.03. The topological polar surface area (TPSA) is 85.1 Å². The molecule has 1 amide bonds. The highest BCUT2D eigenvalue weighted by molar-refractivity contribution is 7.10. The number of non-ortho nitro benzene ring substituents is 1. The van der Waals surface area contributed by atoms with Gasteiger partial charge in [0.2, 0.25) is 0 Å². The van der Waals surface area contributed by atoms with Crippen LogP contribution in [0.5, 0.6) is 0 Å². The van der Waals surface area contributed by atoms with E-state index >= 15 is 0 Å². The number of nitro benzene ring substituents is 1. The highest BCUT2D eigenvalue weighted by Gasteiger charge is 2.20. The molecule has 1 aromatic carbocycles. The first-order valence-corrected chi connectivity index (χ1v) is 6.96. The number of anilines is 1. The maximum Gasteiger partial charge on any atom is 0.269 e. The Morgan fingerprint density at radius 2 is 2.05 bits per heavy atom. The summed E-state index contributed by atoms with van der Waals surface area (Å²) in [6.07, 6.45) is 2.99. The highest BCUT2D eigenvalue weighted by Crippen LogP contribution is 2.32. The van der Waals surface area contributed by atoms with Crippen molar-refractivity contribution in [3.63, 3.8) is 0 Å². The fraction of sp³-hybridized carbons (Fsp3) is 0.231. The molecule has 7 heteroatoms. The third kappa shape index (κ3) is 2.27. The minimum atomic E-state index is -0.488. The number of carbonyl (C=O) groups excluding carboxylic acids is 1. The van der Waals surface area contributed by atoms with Gasteiger partial charge in [-0.15, -0.1) is 0 Å². The molecule has 1 heterocycles. The number of fused-ring (bicyclic) bond motifs is 1. The van der Waals surface area contributed by atoms with Gasteiger partial charge in [-0.05, 0) is 42.9 Å². The fourth-order valence-corrected chi connectivity index (χ4v) is 3.11. The van der Waals surface area contributed by atoms with Crippen LogP contribution in [-0.4, -0.2) is 15.2 Å². The number of aryl methyl sites for hydroxylation is 1. The van der Waals surface area contributed by atoms with E-state index in [0.717, 1.165) is 35.5 Å². The largest absolute Gasteiger partial charge is 0.312 e. The molecule has 0 spiro atoms. The minimum Gasteiger partial charge on any atom is -0.312 e. The normalized spacial score (nSPS) is 13.0. The van der Waals surface area contributed by atoms with Crippen LogP contribution in [0.2, 0.25) is 0 Å². The summed E-state index contributed by atoms with van der Waals surface area (Å²) in [4.78, 5) is 22.2. The summed E-state index contributed by atoms with van der Waals surface area (Å²) in [5.74, 6) is -0.266. The molecular formula is C13H11N3O3S. The van der Waals surface area contributed by atoms with Crippen LogP contribution in [-0.2, 0) is 12.8 Å². The molecule has 6 nitrogen and oxygen atoms in total. The number of nitrogens with zero attached hydrogens (tertiary/aromatic N) is 2. The van der Waals surface area contributed by atoms with Crippen LogP contribution in [0.15, 0.2) is 24.3 Å². The summed E-state index contributed by atoms with van der Waals surface area (Å²) in [7, 11) is 0. The Balaban J connectivity index is 1.77. The molecule has 1 aromatic heterocycles. The van der Waals surface area contributed by atoms with E-state index in [4.69, 9.17) is 0 Å². The van der Waals surface area contributed by atoms with Gasteiger partial charge in [0.05, 0.1) is 10.6 Å². The van der Waals surface area contributed by atoms with Crippen molar-refractivity contribution >= 4 is 28.1 Å². The number of nitrogens with one attached hydrogen (secondary N) is 1. The van der Waals surface area contributed by atoms with Crippen molar-refractivity contribution in [2.24, 2.45) is 0 Å². The Hall–Kier alpha value is -2.28. The van der Waals surface area contributed by atoms with Crippen molar-refractivity contribution in [1.82, 2.24) is 4.37 Å². The molecule has 2 aromatic rings. The first-order chi connectivity index (χ1) is 9.65. The first kappa shape index (κ1) is 12.7. The lowest BCUT2D eigenvalue weighted by molar-refractivity contribution is -0.384. The van der Waals surface area contributed by atoms with E-state index in [0.29, 0.717) is 5.56 Å². The van der Waals surface area contributed by atoms with Crippen LogP contribution in [0, 0.1) is 10.1 Å². The van der Waals surface area contributed by atoms with Gasteiger partial charge < -0.3 is 5.32 Å². The van der Waals surface area contributed by atoms with Gasteiger partial charge in [0.15, 0.2) is 0 Å². The van der Waals surface area contributed by atoms with E-state index < -0.39 is 4.92 Å². The molecular weight excluding hydrogens is 278 g/mol. The quantitative estimate of drug-likeness (QED) is 0.695. The smallest absolute Gasteiger partial charge is 0.269 e. The predicted octanol–water partition coefficient (Wildman–Crippen LogP) is 2.79. The van der Waals surface area contributed by atoms with Crippen LogP contribution in [0.25, 0.3) is 0 Å². The standard InChI is InChI=1S/C13H11N3O3S/c17-12(8-4-6-9(7-5-8)16(18)19)14-13-10-2-1-3-11(10)15-20-13/h4-7H,1-3H2,(H,14,17). The molecule has 0 unspecified atom stereocenters. The van der Waals surface area contributed by atoms with Crippen molar-refractivity contribution in [2.75, 3.05) is 5.32 Å². The van der Waals surface area contributed by atoms with E-state index in [1.165, 1.54) is 35.8 Å². The average molecular weight is 289 g/mol. The molecule has 0 saturated heterocycles. The number of benzene rings is 1. The lowest BCUT2D eigenvalue weighted by Crippen LogP contribution is -2.11. The summed E-state index contributed by atoms with van der Waals surface area (Å²) < 4.78 is 4.32. The summed E-state index contributed by atoms with van der Waals surface area (Å²) in [5.41, 5.74) is 2.58. The van der Waals surface area contributed by atoms with Crippen LogP contribution in [0.4, 0.5) is 10.7 Å². The minimum absolute atomic E-state index is 0.0276. The van der Waals surface area contributed by atoms with Gasteiger partial charge in [-0.25, -0.2) is 0 Å². The van der Waals surface area contributed by atoms with E-state index in [9.17, 15) is 14.9 Å². The van der Waals surface area contributed by atoms with E-state index in [2.05, 4.69) is 9.69 Å². The van der Waals surface area contributed by atoms with Gasteiger partial charge in [-0.2, -0.15) is 4.37 Å². The van der Waals surface area contributed by atoms with Crippen molar-refractivity contribution in [2.45, 2.75) is 19.3 Å². The Kier molecular flexibility index (Phi) is 3.19. The van der Waals surface area contributed by atoms with Crippen LogP contribution < -0.4 is 5.32 Å². The fourth-order valence-electron chi connectivity index (χ4n) is 2.24. The Labute approximate surface area is 118 Å². The molecule has 0 bridgehead atoms. The van der Waals surface area contributed by atoms with E-state index in [-0.39, 0.29) is 11.6 Å². The molecule has 102 valence electrons. The number of hydrogen-bond acceptors (Lipinski definition) is 5. The summed E-state index contributed by atoms with van der Waals surface area (Å²) >= 11 is 1.29. The second-order valence-corrected chi connectivity index (χ2v) is 5.32. The van der Waals surface area contributed by atoms with Gasteiger partial charge in [-0.3, -0.25) is 14.9 Å². The monoisotopic (exact) mass is 289 g/mol. The van der Waals surface area contributed by atoms with E-state index in [1.807, 2.05) is 0 Å². The van der Waals surface area contributed by atoms with Crippen molar-refractivity contribution in [3.8, 4) is 0 Å². The summed E-state index contributed by atoms with van der Waals surface area (Å²) in [6.45, 7) is 0. The maximum atomic E-state index is 12.1. The molecule has 0 fully saturated rings. The van der Waals surface area contributed by atoms with Gasteiger partial charge in [-0.1, -0.05) is 0 Å². The highest BCUT2D eigenvalue weighted by atomic mass is 32.1. The molecule has 0 radical (unpaired) electrons. The second-order valence-electron chi connectivity index (χ2n) is 4.55. The van der Waals surface area contributed by atoms with E-state index in [1.54, 1.807) is 0 Å². The zero-order valence-corrected chi connectivity index (χ0v) is 11.3. The van der Waals surface area contributed by atoms with Crippen LogP contribution in [0.1, 0.15) is 28.0 Å². The number of hydrogen-bond donors (Lipinski definition) is 1. The van der Waals surface area contributed by atoms with Crippen molar-refractivity contribution in [1.29, 1.82) is 0 Å². The zero-order chi connectivity index (χ0) is 14.1. The number of nitro groups is 1. The third-order valence-corrected chi connectivity index (χ3v) is 4.12. The Bertz CT molecular complexity index is 679. The lowest BCUT2D eigenvalue weighted by atomic mass is 10.2. The van der Waals surface area contributed by atoms with Crippen LogP contribution >= 0.6 is 11.5 Å². The third-order valence-electron chi connectivity index (χ3n) is 3.28. The van der Waals surface area contributed by atoms with Crippen molar-refractivity contribution < 1.29 is 9.72 Å². The molecule has 3 rings (SSSR count). The number of rotatable bonds is 3. The Morgan fingerprint density at radius 1 is 1.30 bits per heavy atom. The van der Waals surface area contributed by atoms with Gasteiger partial charge in [0, 0.05) is 23.3 Å². The molecule has 1 N–H and O–H groups in total.